The molecule has 0 saturated heterocycles. The van der Waals surface area contributed by atoms with Gasteiger partial charge in [-0.2, -0.15) is 0 Å². The molecule has 13 heavy (non-hydrogen) atoms. The van der Waals surface area contributed by atoms with Gasteiger partial charge in [-0.05, 0) is 12.3 Å². The Bertz CT molecular complexity index is 170. The van der Waals surface area contributed by atoms with Gasteiger partial charge in [0.15, 0.2) is 0 Å². The Morgan fingerprint density at radius 1 is 1.31 bits per heavy atom. The van der Waals surface area contributed by atoms with E-state index in [9.17, 15) is 4.79 Å². The summed E-state index contributed by atoms with van der Waals surface area (Å²) in [6.07, 6.45) is 0.961. The summed E-state index contributed by atoms with van der Waals surface area (Å²) in [7, 11) is 0.0739. The first-order valence-electron chi connectivity index (χ1n) is 4.87. The third-order valence-electron chi connectivity index (χ3n) is 2.24. The van der Waals surface area contributed by atoms with Gasteiger partial charge in [0.25, 0.3) is 0 Å². The summed E-state index contributed by atoms with van der Waals surface area (Å²) in [5, 5.41) is 0. The fourth-order valence-corrected chi connectivity index (χ4v) is 3.42. The molecule has 0 heterocycles. The minimum atomic E-state index is -1.41. The van der Waals surface area contributed by atoms with E-state index in [1.165, 1.54) is 7.11 Å². The van der Waals surface area contributed by atoms with Crippen molar-refractivity contribution in [2.45, 2.75) is 45.5 Å². The van der Waals surface area contributed by atoms with Crippen LogP contribution in [-0.2, 0) is 9.53 Å². The van der Waals surface area contributed by atoms with Gasteiger partial charge in [-0.25, -0.2) is 0 Å². The van der Waals surface area contributed by atoms with Crippen molar-refractivity contribution in [1.29, 1.82) is 0 Å². The summed E-state index contributed by atoms with van der Waals surface area (Å²) >= 11 is 0. The summed E-state index contributed by atoms with van der Waals surface area (Å²) in [5.41, 5.74) is 0.150. The van der Waals surface area contributed by atoms with Crippen molar-refractivity contribution >= 4 is 14.0 Å². The zero-order valence-corrected chi connectivity index (χ0v) is 10.7. The van der Waals surface area contributed by atoms with E-state index in [1.54, 1.807) is 0 Å². The molecule has 78 valence electrons. The zero-order valence-electron chi connectivity index (χ0n) is 9.68. The lowest BCUT2D eigenvalue weighted by molar-refractivity contribution is -0.141. The maximum absolute atomic E-state index is 11.5. The third kappa shape index (κ3) is 4.46. The van der Waals surface area contributed by atoms with Crippen LogP contribution < -0.4 is 0 Å². The Kier molecular flexibility index (Phi) is 4.68. The number of hydrogen-bond donors (Lipinski definition) is 0. The van der Waals surface area contributed by atoms with Crippen LogP contribution >= 0.6 is 0 Å². The molecule has 0 spiro atoms. The van der Waals surface area contributed by atoms with Crippen LogP contribution in [0.3, 0.4) is 0 Å². The van der Waals surface area contributed by atoms with Crippen LogP contribution in [0.25, 0.3) is 0 Å². The van der Waals surface area contributed by atoms with Crippen LogP contribution in [0.2, 0.25) is 25.2 Å². The first kappa shape index (κ1) is 12.7. The van der Waals surface area contributed by atoms with Crippen LogP contribution in [0.5, 0.6) is 0 Å². The lowest BCUT2D eigenvalue weighted by atomic mass is 10.1. The molecule has 0 aliphatic heterocycles. The second kappa shape index (κ2) is 4.79. The predicted molar refractivity (Wildman–Crippen MR) is 58.6 cm³/mol. The van der Waals surface area contributed by atoms with Crippen LogP contribution in [0.1, 0.15) is 20.3 Å². The second-order valence-corrected chi connectivity index (χ2v) is 10.5. The molecule has 0 rings (SSSR count). The van der Waals surface area contributed by atoms with Gasteiger partial charge >= 0.3 is 5.97 Å². The van der Waals surface area contributed by atoms with E-state index < -0.39 is 8.07 Å². The van der Waals surface area contributed by atoms with Gasteiger partial charge in [0.1, 0.15) is 0 Å². The number of carbonyl (C=O) groups is 1. The second-order valence-electron chi connectivity index (χ2n) is 5.07. The Labute approximate surface area is 82.7 Å². The van der Waals surface area contributed by atoms with E-state index in [2.05, 4.69) is 33.5 Å². The lowest BCUT2D eigenvalue weighted by Gasteiger charge is -2.27. The van der Waals surface area contributed by atoms with Crippen molar-refractivity contribution in [3.8, 4) is 0 Å². The molecule has 0 amide bonds. The lowest BCUT2D eigenvalue weighted by Crippen LogP contribution is -2.35. The average Bonchev–Trinajstić information content (AvgIpc) is 1.96. The highest BCUT2D eigenvalue weighted by atomic mass is 28.3. The van der Waals surface area contributed by atoms with Crippen LogP contribution in [0, 0.1) is 5.92 Å². The summed E-state index contributed by atoms with van der Waals surface area (Å²) < 4.78 is 4.84. The maximum Gasteiger partial charge on any atom is 0.305 e. The number of rotatable bonds is 4. The summed E-state index contributed by atoms with van der Waals surface area (Å²) in [4.78, 5) is 11.5. The molecule has 0 aromatic rings. The molecule has 0 N–H and O–H groups in total. The van der Waals surface area contributed by atoms with Crippen molar-refractivity contribution in [3.05, 3.63) is 0 Å². The molecular weight excluding hydrogens is 180 g/mol. The average molecular weight is 202 g/mol. The van der Waals surface area contributed by atoms with Crippen molar-refractivity contribution in [2.24, 2.45) is 5.92 Å². The number of hydrogen-bond acceptors (Lipinski definition) is 2. The third-order valence-corrected chi connectivity index (χ3v) is 4.80. The Morgan fingerprint density at radius 3 is 2.00 bits per heavy atom. The number of methoxy groups -OCH3 is 1. The molecule has 0 aromatic carbocycles. The highest BCUT2D eigenvalue weighted by molar-refractivity contribution is 6.80. The molecule has 0 fully saturated rings. The van der Waals surface area contributed by atoms with E-state index in [-0.39, 0.29) is 11.5 Å². The fraction of sp³-hybridized carbons (Fsp3) is 0.900. The van der Waals surface area contributed by atoms with Gasteiger partial charge in [0.05, 0.1) is 20.7 Å². The van der Waals surface area contributed by atoms with Crippen molar-refractivity contribution < 1.29 is 9.53 Å². The standard InChI is InChI=1S/C10H22O2Si/c1-8(2)7-9(10(11)12-3)13(4,5)6/h8-9H,7H2,1-6H3. The first-order valence-corrected chi connectivity index (χ1v) is 8.44. The fourth-order valence-electron chi connectivity index (χ4n) is 1.42. The zero-order chi connectivity index (χ0) is 10.6. The predicted octanol–water partition coefficient (Wildman–Crippen LogP) is 2.91. The van der Waals surface area contributed by atoms with Crippen molar-refractivity contribution in [2.75, 3.05) is 7.11 Å². The monoisotopic (exact) mass is 202 g/mol. The largest absolute Gasteiger partial charge is 0.469 e. The minimum absolute atomic E-state index is 0.0205. The van der Waals surface area contributed by atoms with Gasteiger partial charge in [-0.15, -0.1) is 0 Å². The summed E-state index contributed by atoms with van der Waals surface area (Å²) in [6.45, 7) is 11.0. The summed E-state index contributed by atoms with van der Waals surface area (Å²) in [6, 6.07) is 0. The van der Waals surface area contributed by atoms with Gasteiger partial charge in [-0.1, -0.05) is 33.5 Å². The smallest absolute Gasteiger partial charge is 0.305 e. The van der Waals surface area contributed by atoms with Gasteiger partial charge in [0, 0.05) is 0 Å². The highest BCUT2D eigenvalue weighted by Crippen LogP contribution is 2.29. The van der Waals surface area contributed by atoms with Gasteiger partial charge in [0.2, 0.25) is 0 Å². The molecule has 0 aliphatic carbocycles. The molecule has 2 nitrogen and oxygen atoms in total. The van der Waals surface area contributed by atoms with Crippen LogP contribution in [-0.4, -0.2) is 21.2 Å². The van der Waals surface area contributed by atoms with Crippen molar-refractivity contribution in [1.82, 2.24) is 0 Å². The van der Waals surface area contributed by atoms with Crippen molar-refractivity contribution in [3.63, 3.8) is 0 Å². The maximum atomic E-state index is 11.5. The highest BCUT2D eigenvalue weighted by Gasteiger charge is 2.33. The van der Waals surface area contributed by atoms with Crippen LogP contribution in [0.15, 0.2) is 0 Å². The van der Waals surface area contributed by atoms with Gasteiger partial charge in [-0.3, -0.25) is 4.79 Å². The molecular formula is C10H22O2Si. The van der Waals surface area contributed by atoms with Crippen LogP contribution in [0.4, 0.5) is 0 Å². The van der Waals surface area contributed by atoms with Gasteiger partial charge < -0.3 is 4.74 Å². The molecule has 1 unspecified atom stereocenters. The topological polar surface area (TPSA) is 26.3 Å². The van der Waals surface area contributed by atoms with E-state index in [4.69, 9.17) is 4.74 Å². The Balaban J connectivity index is 4.47. The normalized spacial score (nSPS) is 14.4. The molecule has 0 aliphatic rings. The van der Waals surface area contributed by atoms with E-state index in [1.807, 2.05) is 0 Å². The van der Waals surface area contributed by atoms with E-state index in [0.717, 1.165) is 6.42 Å². The van der Waals surface area contributed by atoms with E-state index in [0.29, 0.717) is 5.92 Å². The quantitative estimate of drug-likeness (QED) is 0.517. The minimum Gasteiger partial charge on any atom is -0.469 e. The number of ether oxygens (including phenoxy) is 1. The number of esters is 1. The van der Waals surface area contributed by atoms with E-state index >= 15 is 0 Å². The summed E-state index contributed by atoms with van der Waals surface area (Å²) in [5.74, 6) is 0.545. The molecule has 0 saturated carbocycles. The SMILES string of the molecule is COC(=O)C(CC(C)C)[Si](C)(C)C. The molecule has 0 radical (unpaired) electrons. The Morgan fingerprint density at radius 2 is 1.77 bits per heavy atom. The number of carbonyl (C=O) groups excluding carboxylic acids is 1. The molecule has 1 atom stereocenters. The first-order chi connectivity index (χ1) is 5.79. The molecule has 0 aromatic heterocycles. The Hall–Kier alpha value is -0.313. The molecule has 0 bridgehead atoms. The molecule has 3 heteroatoms.